The molecule has 1 N–H and O–H groups in total. The fourth-order valence-electron chi connectivity index (χ4n) is 2.64. The van der Waals surface area contributed by atoms with Gasteiger partial charge in [-0.2, -0.15) is 0 Å². The smallest absolute Gasteiger partial charge is 0.0355 e. The third kappa shape index (κ3) is 4.25. The van der Waals surface area contributed by atoms with Gasteiger partial charge in [-0.15, -0.1) is 0 Å². The first-order valence-electron chi connectivity index (χ1n) is 6.97. The van der Waals surface area contributed by atoms with E-state index in [1.165, 1.54) is 43.6 Å². The second-order valence-corrected chi connectivity index (χ2v) is 6.66. The Kier molecular flexibility index (Phi) is 4.91. The van der Waals surface area contributed by atoms with Crippen molar-refractivity contribution in [3.05, 3.63) is 11.4 Å². The molecule has 0 saturated carbocycles. The summed E-state index contributed by atoms with van der Waals surface area (Å²) in [5, 5.41) is 3.32. The molecule has 17 heavy (non-hydrogen) atoms. The first-order valence-corrected chi connectivity index (χ1v) is 6.97. The number of unbranched alkanes of at least 4 members (excludes halogenated alkanes) is 1. The summed E-state index contributed by atoms with van der Waals surface area (Å²) in [6, 6.07) is 0. The van der Waals surface area contributed by atoms with Gasteiger partial charge >= 0.3 is 0 Å². The topological polar surface area (TPSA) is 15.3 Å². The highest BCUT2D eigenvalue weighted by Gasteiger charge is 2.27. The minimum absolute atomic E-state index is 0.484. The van der Waals surface area contributed by atoms with Crippen LogP contribution in [-0.4, -0.2) is 25.5 Å². The lowest BCUT2D eigenvalue weighted by atomic mass is 9.87. The van der Waals surface area contributed by atoms with Gasteiger partial charge in [-0.05, 0) is 24.7 Å². The van der Waals surface area contributed by atoms with Gasteiger partial charge in [0.05, 0.1) is 0 Å². The van der Waals surface area contributed by atoms with Crippen molar-refractivity contribution in [1.82, 2.24) is 10.2 Å². The Labute approximate surface area is 107 Å². The summed E-state index contributed by atoms with van der Waals surface area (Å²) in [6.45, 7) is 10.5. The summed E-state index contributed by atoms with van der Waals surface area (Å²) >= 11 is 0. The van der Waals surface area contributed by atoms with Gasteiger partial charge in [0.25, 0.3) is 0 Å². The molecule has 0 fully saturated rings. The van der Waals surface area contributed by atoms with Crippen LogP contribution in [0.5, 0.6) is 0 Å². The molecule has 0 spiro atoms. The van der Waals surface area contributed by atoms with Crippen molar-refractivity contribution >= 4 is 0 Å². The molecule has 2 heteroatoms. The van der Waals surface area contributed by atoms with Crippen LogP contribution in [0.2, 0.25) is 0 Å². The van der Waals surface area contributed by atoms with Crippen molar-refractivity contribution in [3.63, 3.8) is 0 Å². The van der Waals surface area contributed by atoms with Gasteiger partial charge in [-0.1, -0.05) is 34.1 Å². The van der Waals surface area contributed by atoms with E-state index in [9.17, 15) is 0 Å². The third-order valence-electron chi connectivity index (χ3n) is 3.67. The molecule has 0 saturated heterocycles. The summed E-state index contributed by atoms with van der Waals surface area (Å²) in [4.78, 5) is 2.45. The first-order chi connectivity index (χ1) is 7.85. The predicted molar refractivity (Wildman–Crippen MR) is 75.8 cm³/mol. The maximum absolute atomic E-state index is 3.32. The lowest BCUT2D eigenvalue weighted by Crippen LogP contribution is -2.35. The van der Waals surface area contributed by atoms with E-state index in [-0.39, 0.29) is 0 Å². The van der Waals surface area contributed by atoms with Crippen LogP contribution in [0.3, 0.4) is 0 Å². The molecule has 1 unspecified atom stereocenters. The normalized spacial score (nSPS) is 20.2. The molecule has 0 heterocycles. The van der Waals surface area contributed by atoms with Crippen LogP contribution in [0.4, 0.5) is 0 Å². The quantitative estimate of drug-likeness (QED) is 0.711. The van der Waals surface area contributed by atoms with Gasteiger partial charge in [-0.3, -0.25) is 0 Å². The summed E-state index contributed by atoms with van der Waals surface area (Å²) in [6.07, 6.45) is 5.19. The average molecular weight is 238 g/mol. The van der Waals surface area contributed by atoms with Gasteiger partial charge in [0.1, 0.15) is 0 Å². The lowest BCUT2D eigenvalue weighted by molar-refractivity contribution is 0.295. The molecule has 2 nitrogen and oxygen atoms in total. The summed E-state index contributed by atoms with van der Waals surface area (Å²) in [7, 11) is 4.27. The molecule has 0 radical (unpaired) electrons. The van der Waals surface area contributed by atoms with Gasteiger partial charge in [0.2, 0.25) is 0 Å². The molecule has 0 amide bonds. The zero-order chi connectivity index (χ0) is 13.1. The predicted octanol–water partition coefficient (Wildman–Crippen LogP) is 3.61. The average Bonchev–Trinajstić information content (AvgIpc) is 2.19. The van der Waals surface area contributed by atoms with Crippen molar-refractivity contribution < 1.29 is 0 Å². The monoisotopic (exact) mass is 238 g/mol. The van der Waals surface area contributed by atoms with Crippen molar-refractivity contribution in [3.8, 4) is 0 Å². The molecular formula is C15H30N2. The van der Waals surface area contributed by atoms with Crippen LogP contribution in [0, 0.1) is 11.3 Å². The van der Waals surface area contributed by atoms with Gasteiger partial charge in [0, 0.05) is 38.0 Å². The van der Waals surface area contributed by atoms with Crippen LogP contribution in [0.25, 0.3) is 0 Å². The van der Waals surface area contributed by atoms with Gasteiger partial charge < -0.3 is 10.2 Å². The highest BCUT2D eigenvalue weighted by Crippen LogP contribution is 2.34. The van der Waals surface area contributed by atoms with E-state index in [0.717, 1.165) is 5.92 Å². The van der Waals surface area contributed by atoms with Gasteiger partial charge in [-0.25, -0.2) is 0 Å². The number of hydrogen-bond acceptors (Lipinski definition) is 2. The Morgan fingerprint density at radius 2 is 1.94 bits per heavy atom. The number of rotatable bonds is 6. The molecule has 0 aromatic carbocycles. The number of nitrogens with zero attached hydrogens (tertiary/aromatic N) is 1. The lowest BCUT2D eigenvalue weighted by Gasteiger charge is -2.38. The SMILES string of the molecule is CNC1=C(N(C)CCCCC(C)(C)C)C(C)C1. The zero-order valence-electron chi connectivity index (χ0n) is 12.6. The van der Waals surface area contributed by atoms with Crippen molar-refractivity contribution in [2.45, 2.75) is 53.4 Å². The Hall–Kier alpha value is -0.660. The second-order valence-electron chi connectivity index (χ2n) is 6.66. The van der Waals surface area contributed by atoms with Crippen LogP contribution < -0.4 is 5.32 Å². The summed E-state index contributed by atoms with van der Waals surface area (Å²) in [5.41, 5.74) is 3.46. The minimum Gasteiger partial charge on any atom is -0.390 e. The third-order valence-corrected chi connectivity index (χ3v) is 3.67. The van der Waals surface area contributed by atoms with E-state index < -0.39 is 0 Å². The molecule has 1 aliphatic rings. The van der Waals surface area contributed by atoms with Crippen molar-refractivity contribution in [2.24, 2.45) is 11.3 Å². The van der Waals surface area contributed by atoms with E-state index in [2.05, 4.69) is 45.0 Å². The van der Waals surface area contributed by atoms with E-state index >= 15 is 0 Å². The Balaban J connectivity index is 2.28. The highest BCUT2D eigenvalue weighted by atomic mass is 15.1. The number of hydrogen-bond donors (Lipinski definition) is 1. The molecule has 0 aliphatic heterocycles. The van der Waals surface area contributed by atoms with Gasteiger partial charge in [0.15, 0.2) is 0 Å². The zero-order valence-corrected chi connectivity index (χ0v) is 12.6. The maximum Gasteiger partial charge on any atom is 0.0355 e. The molecule has 0 aromatic heterocycles. The minimum atomic E-state index is 0.484. The van der Waals surface area contributed by atoms with Crippen LogP contribution >= 0.6 is 0 Å². The standard InChI is InChI=1S/C15H30N2/c1-12-11-13(16-5)14(12)17(6)10-8-7-9-15(2,3)4/h12,16H,7-11H2,1-6H3. The largest absolute Gasteiger partial charge is 0.390 e. The fourth-order valence-corrected chi connectivity index (χ4v) is 2.64. The highest BCUT2D eigenvalue weighted by molar-refractivity contribution is 5.24. The Morgan fingerprint density at radius 1 is 1.29 bits per heavy atom. The van der Waals surface area contributed by atoms with E-state index in [4.69, 9.17) is 0 Å². The first kappa shape index (κ1) is 14.4. The summed E-state index contributed by atoms with van der Waals surface area (Å²) in [5.74, 6) is 0.741. The number of allylic oxidation sites excluding steroid dienone is 2. The number of nitrogens with one attached hydrogen (secondary N) is 1. The molecule has 1 rings (SSSR count). The molecule has 1 aliphatic carbocycles. The molecule has 0 bridgehead atoms. The van der Waals surface area contributed by atoms with E-state index in [1.54, 1.807) is 0 Å². The van der Waals surface area contributed by atoms with E-state index in [0.29, 0.717) is 5.41 Å². The van der Waals surface area contributed by atoms with Crippen LogP contribution in [0.1, 0.15) is 53.4 Å². The Bertz CT molecular complexity index is 273. The van der Waals surface area contributed by atoms with Crippen LogP contribution in [-0.2, 0) is 0 Å². The van der Waals surface area contributed by atoms with Crippen LogP contribution in [0.15, 0.2) is 11.4 Å². The molecular weight excluding hydrogens is 208 g/mol. The Morgan fingerprint density at radius 3 is 2.41 bits per heavy atom. The fraction of sp³-hybridized carbons (Fsp3) is 0.867. The molecule has 1 atom stereocenters. The molecule has 0 aromatic rings. The van der Waals surface area contributed by atoms with Crippen molar-refractivity contribution in [1.29, 1.82) is 0 Å². The van der Waals surface area contributed by atoms with Crippen molar-refractivity contribution in [2.75, 3.05) is 20.6 Å². The second kappa shape index (κ2) is 5.79. The summed E-state index contributed by atoms with van der Waals surface area (Å²) < 4.78 is 0. The molecule has 100 valence electrons. The van der Waals surface area contributed by atoms with E-state index in [1.807, 2.05) is 7.05 Å². The maximum atomic E-state index is 3.32.